The molecular formula is C24H29N5O4. The Morgan fingerprint density at radius 2 is 2.12 bits per heavy atom. The monoisotopic (exact) mass is 451 g/mol. The average Bonchev–Trinajstić information content (AvgIpc) is 3.48. The van der Waals surface area contributed by atoms with Crippen LogP contribution in [0.2, 0.25) is 0 Å². The maximum Gasteiger partial charge on any atom is 0.254 e. The molecule has 2 aromatic heterocycles. The molecule has 1 N–H and O–H groups in total. The van der Waals surface area contributed by atoms with Gasteiger partial charge < -0.3 is 23.9 Å². The molecule has 1 aliphatic carbocycles. The van der Waals surface area contributed by atoms with Gasteiger partial charge in [0.25, 0.3) is 5.95 Å². The summed E-state index contributed by atoms with van der Waals surface area (Å²) in [6.45, 7) is 6.54. The van der Waals surface area contributed by atoms with Gasteiger partial charge in [0.2, 0.25) is 5.88 Å². The van der Waals surface area contributed by atoms with Crippen molar-refractivity contribution in [1.82, 2.24) is 19.5 Å². The standard InChI is InChI=1S/C24H29N5O4/c1-4-17-18(30)11-19(24(17)13-32-15(3)33-24)29-14-26-20-21(29)27-23(25-5-2)28-22(20)31-12-16-9-7-6-8-10-16/h5-10,14-15,17-19,30H,4,11-13H2,1-3H3/t15?,17-,18+,19+,24+/m1/s1. The lowest BCUT2D eigenvalue weighted by Gasteiger charge is -2.35. The first-order chi connectivity index (χ1) is 16.1. The van der Waals surface area contributed by atoms with Gasteiger partial charge in [0.05, 0.1) is 25.1 Å². The van der Waals surface area contributed by atoms with Crippen molar-refractivity contribution in [1.29, 1.82) is 0 Å². The van der Waals surface area contributed by atoms with Gasteiger partial charge in [0.15, 0.2) is 17.5 Å². The lowest BCUT2D eigenvalue weighted by atomic mass is 9.86. The van der Waals surface area contributed by atoms with Crippen molar-refractivity contribution in [2.45, 2.75) is 64.3 Å². The number of ether oxygens (including phenoxy) is 3. The first kappa shape index (κ1) is 21.9. The summed E-state index contributed by atoms with van der Waals surface area (Å²) < 4.78 is 20.2. The van der Waals surface area contributed by atoms with Gasteiger partial charge in [-0.2, -0.15) is 9.97 Å². The third kappa shape index (κ3) is 3.80. The summed E-state index contributed by atoms with van der Waals surface area (Å²) >= 11 is 0. The Hall–Kier alpha value is -2.88. The second-order valence-corrected chi connectivity index (χ2v) is 8.60. The van der Waals surface area contributed by atoms with Gasteiger partial charge in [-0.1, -0.05) is 37.3 Å². The predicted octanol–water partition coefficient (Wildman–Crippen LogP) is 3.59. The van der Waals surface area contributed by atoms with Crippen molar-refractivity contribution in [3.63, 3.8) is 0 Å². The number of aromatic nitrogens is 4. The molecule has 1 saturated carbocycles. The Labute approximate surface area is 192 Å². The van der Waals surface area contributed by atoms with Gasteiger partial charge >= 0.3 is 0 Å². The second-order valence-electron chi connectivity index (χ2n) is 8.60. The van der Waals surface area contributed by atoms with E-state index in [1.54, 1.807) is 12.5 Å². The Morgan fingerprint density at radius 3 is 2.82 bits per heavy atom. The quantitative estimate of drug-likeness (QED) is 0.571. The number of fused-ring (bicyclic) bond motifs is 1. The molecule has 5 rings (SSSR count). The van der Waals surface area contributed by atoms with Crippen LogP contribution in [0.25, 0.3) is 11.2 Å². The molecule has 1 aromatic carbocycles. The highest BCUT2D eigenvalue weighted by molar-refractivity contribution is 5.78. The van der Waals surface area contributed by atoms with Gasteiger partial charge in [-0.25, -0.2) is 9.98 Å². The molecule has 1 spiro atoms. The fourth-order valence-corrected chi connectivity index (χ4v) is 5.23. The van der Waals surface area contributed by atoms with E-state index in [2.05, 4.69) is 26.9 Å². The molecule has 33 heavy (non-hydrogen) atoms. The van der Waals surface area contributed by atoms with E-state index in [1.165, 1.54) is 0 Å². The minimum atomic E-state index is -0.647. The van der Waals surface area contributed by atoms with Gasteiger partial charge in [0, 0.05) is 12.1 Å². The Bertz CT molecular complexity index is 1150. The van der Waals surface area contributed by atoms with Crippen molar-refractivity contribution in [3.05, 3.63) is 42.2 Å². The van der Waals surface area contributed by atoms with Crippen molar-refractivity contribution in [2.75, 3.05) is 6.61 Å². The van der Waals surface area contributed by atoms with Crippen LogP contribution in [0.4, 0.5) is 5.95 Å². The topological polar surface area (TPSA) is 104 Å². The van der Waals surface area contributed by atoms with Crippen LogP contribution in [-0.4, -0.2) is 55.4 Å². The minimum Gasteiger partial charge on any atom is -0.471 e. The van der Waals surface area contributed by atoms with E-state index in [0.29, 0.717) is 42.6 Å². The summed E-state index contributed by atoms with van der Waals surface area (Å²) in [6.07, 6.45) is 3.85. The minimum absolute atomic E-state index is 0.0475. The van der Waals surface area contributed by atoms with E-state index in [9.17, 15) is 5.11 Å². The molecule has 9 nitrogen and oxygen atoms in total. The van der Waals surface area contributed by atoms with Crippen molar-refractivity contribution >= 4 is 23.3 Å². The van der Waals surface area contributed by atoms with E-state index >= 15 is 0 Å². The molecule has 3 aromatic rings. The maximum atomic E-state index is 10.9. The van der Waals surface area contributed by atoms with E-state index in [4.69, 9.17) is 14.2 Å². The van der Waals surface area contributed by atoms with Gasteiger partial charge in [-0.3, -0.25) is 0 Å². The van der Waals surface area contributed by atoms with Gasteiger partial charge in [-0.05, 0) is 32.3 Å². The number of nitrogens with zero attached hydrogens (tertiary/aromatic N) is 5. The van der Waals surface area contributed by atoms with E-state index in [0.717, 1.165) is 12.0 Å². The Kier molecular flexibility index (Phi) is 5.86. The predicted molar refractivity (Wildman–Crippen MR) is 123 cm³/mol. The van der Waals surface area contributed by atoms with Crippen LogP contribution in [0.5, 0.6) is 5.88 Å². The molecule has 1 unspecified atom stereocenters. The molecule has 5 atom stereocenters. The fourth-order valence-electron chi connectivity index (χ4n) is 5.23. The molecule has 1 aliphatic heterocycles. The van der Waals surface area contributed by atoms with Crippen molar-refractivity contribution < 1.29 is 19.3 Å². The number of aliphatic imine (C=N–C) groups is 1. The van der Waals surface area contributed by atoms with Crippen LogP contribution in [0.1, 0.15) is 45.2 Å². The Morgan fingerprint density at radius 1 is 1.30 bits per heavy atom. The van der Waals surface area contributed by atoms with Crippen molar-refractivity contribution in [2.24, 2.45) is 10.9 Å². The van der Waals surface area contributed by atoms with Crippen molar-refractivity contribution in [3.8, 4) is 5.88 Å². The summed E-state index contributed by atoms with van der Waals surface area (Å²) in [4.78, 5) is 18.1. The smallest absolute Gasteiger partial charge is 0.254 e. The number of hydrogen-bond donors (Lipinski definition) is 1. The van der Waals surface area contributed by atoms with E-state index < -0.39 is 11.7 Å². The largest absolute Gasteiger partial charge is 0.471 e. The zero-order chi connectivity index (χ0) is 23.0. The van der Waals surface area contributed by atoms with Crippen LogP contribution in [0.3, 0.4) is 0 Å². The molecular weight excluding hydrogens is 422 g/mol. The normalized spacial score (nSPS) is 29.6. The maximum absolute atomic E-state index is 10.9. The van der Waals surface area contributed by atoms with Crippen LogP contribution in [0.15, 0.2) is 41.7 Å². The SMILES string of the molecule is CC=Nc1nc(OCc2ccccc2)c2ncn([C@H]3C[C@H](O)[C@@H](CC)[C@@]34COC(C)O4)c2n1. The highest BCUT2D eigenvalue weighted by Gasteiger charge is 2.59. The third-order valence-corrected chi connectivity index (χ3v) is 6.67. The van der Waals surface area contributed by atoms with Gasteiger partial charge in [0.1, 0.15) is 12.2 Å². The summed E-state index contributed by atoms with van der Waals surface area (Å²) in [5, 5.41) is 10.9. The molecule has 9 heteroatoms. The summed E-state index contributed by atoms with van der Waals surface area (Å²) in [7, 11) is 0. The average molecular weight is 452 g/mol. The van der Waals surface area contributed by atoms with Gasteiger partial charge in [-0.15, -0.1) is 0 Å². The molecule has 1 saturated heterocycles. The first-order valence-electron chi connectivity index (χ1n) is 11.4. The summed E-state index contributed by atoms with van der Waals surface area (Å²) in [5.74, 6) is 0.625. The molecule has 174 valence electrons. The molecule has 0 amide bonds. The molecule has 0 radical (unpaired) electrons. The number of hydrogen-bond acceptors (Lipinski definition) is 8. The Balaban J connectivity index is 1.57. The number of benzene rings is 1. The van der Waals surface area contributed by atoms with E-state index in [1.807, 2.05) is 48.7 Å². The van der Waals surface area contributed by atoms with Crippen LogP contribution >= 0.6 is 0 Å². The van der Waals surface area contributed by atoms with E-state index in [-0.39, 0.29) is 18.2 Å². The zero-order valence-electron chi connectivity index (χ0n) is 19.1. The highest BCUT2D eigenvalue weighted by Crippen LogP contribution is 2.52. The number of aliphatic hydroxyl groups is 1. The van der Waals surface area contributed by atoms with Crippen LogP contribution < -0.4 is 4.74 Å². The lowest BCUT2D eigenvalue weighted by molar-refractivity contribution is -0.111. The second kappa shape index (κ2) is 8.81. The van der Waals surface area contributed by atoms with Crippen LogP contribution in [-0.2, 0) is 16.1 Å². The molecule has 0 bridgehead atoms. The number of imidazole rings is 1. The molecule has 2 aliphatic rings. The lowest BCUT2D eigenvalue weighted by Crippen LogP contribution is -2.45. The molecule has 3 heterocycles. The number of aliphatic hydroxyl groups excluding tert-OH is 1. The first-order valence-corrected chi connectivity index (χ1v) is 11.4. The zero-order valence-corrected chi connectivity index (χ0v) is 19.1. The summed E-state index contributed by atoms with van der Waals surface area (Å²) in [6, 6.07) is 9.70. The third-order valence-electron chi connectivity index (χ3n) is 6.67. The summed E-state index contributed by atoms with van der Waals surface area (Å²) in [5.41, 5.74) is 1.53. The molecule has 2 fully saturated rings. The number of rotatable bonds is 6. The highest BCUT2D eigenvalue weighted by atomic mass is 16.7. The fraction of sp³-hybridized carbons (Fsp3) is 0.500. The van der Waals surface area contributed by atoms with Crippen LogP contribution in [0, 0.1) is 5.92 Å².